The van der Waals surface area contributed by atoms with Crippen molar-refractivity contribution in [1.29, 1.82) is 0 Å². The van der Waals surface area contributed by atoms with Crippen molar-refractivity contribution in [2.75, 3.05) is 0 Å². The summed E-state index contributed by atoms with van der Waals surface area (Å²) in [4.78, 5) is 72.5. The van der Waals surface area contributed by atoms with Gasteiger partial charge in [-0.1, -0.05) is 46.3 Å². The van der Waals surface area contributed by atoms with Crippen molar-refractivity contribution >= 4 is 35.8 Å². The van der Waals surface area contributed by atoms with E-state index in [2.05, 4.69) is 0 Å². The van der Waals surface area contributed by atoms with Crippen molar-refractivity contribution in [3.63, 3.8) is 0 Å². The van der Waals surface area contributed by atoms with Crippen LogP contribution in [-0.4, -0.2) is 108 Å². The topological polar surface area (TPSA) is 289 Å². The third-order valence-electron chi connectivity index (χ3n) is 8.07. The standard InChI is InChI=1S/C34H59NO15/c1-5-6-9-20(3)32(50-31(44)17-23(34(47)48)15-29(41)42)27(49-30(43)16-22(33(45)46)14-28(39)40)13-19(2)12-24(36)10-7-8-11-25(37)18-26(38)21(4)35/h19-27,32,36-38H,5-18,35H2,1-4H3,(H,39,40)(H,41,42)(H,45,46)(H,47,48)/i2D3,3D3. The first-order valence-corrected chi connectivity index (χ1v) is 16.8. The van der Waals surface area contributed by atoms with Crippen molar-refractivity contribution in [2.45, 2.75) is 154 Å². The van der Waals surface area contributed by atoms with Gasteiger partial charge in [-0.2, -0.15) is 0 Å². The van der Waals surface area contributed by atoms with Gasteiger partial charge >= 0.3 is 35.8 Å². The van der Waals surface area contributed by atoms with Gasteiger partial charge in [-0.05, 0) is 50.9 Å². The summed E-state index contributed by atoms with van der Waals surface area (Å²) in [6, 6.07) is -0.571. The minimum atomic E-state index is -3.00. The number of aliphatic hydroxyl groups is 3. The van der Waals surface area contributed by atoms with Crippen molar-refractivity contribution in [3.05, 3.63) is 0 Å². The molecule has 16 heteroatoms. The molecule has 0 saturated carbocycles. The molecular weight excluding hydrogens is 662 g/mol. The van der Waals surface area contributed by atoms with Crippen molar-refractivity contribution in [3.8, 4) is 0 Å². The molecule has 16 nitrogen and oxygen atoms in total. The molecule has 0 aliphatic carbocycles. The lowest BCUT2D eigenvalue weighted by molar-refractivity contribution is -0.177. The normalized spacial score (nSPS) is 19.8. The molecule has 10 atom stereocenters. The number of carbonyl (C=O) groups excluding carboxylic acids is 2. The third-order valence-corrected chi connectivity index (χ3v) is 8.07. The van der Waals surface area contributed by atoms with Gasteiger partial charge in [0.15, 0.2) is 0 Å². The van der Waals surface area contributed by atoms with Crippen molar-refractivity contribution in [2.24, 2.45) is 29.4 Å². The quantitative estimate of drug-likeness (QED) is 0.0406. The largest absolute Gasteiger partial charge is 0.481 e. The van der Waals surface area contributed by atoms with Crippen LogP contribution >= 0.6 is 0 Å². The second-order valence-corrected chi connectivity index (χ2v) is 12.8. The molecule has 0 aliphatic rings. The predicted molar refractivity (Wildman–Crippen MR) is 178 cm³/mol. The molecule has 0 aromatic rings. The summed E-state index contributed by atoms with van der Waals surface area (Å²) in [5, 5.41) is 68.3. The maximum atomic E-state index is 13.3. The Morgan fingerprint density at radius 2 is 1.18 bits per heavy atom. The molecule has 0 radical (unpaired) electrons. The van der Waals surface area contributed by atoms with Crippen molar-refractivity contribution in [1.82, 2.24) is 0 Å². The fourth-order valence-electron chi connectivity index (χ4n) is 5.18. The summed E-state index contributed by atoms with van der Waals surface area (Å²) in [7, 11) is 0. The Morgan fingerprint density at radius 3 is 1.60 bits per heavy atom. The Balaban J connectivity index is 6.86. The van der Waals surface area contributed by atoms with Crippen LogP contribution < -0.4 is 5.73 Å². The Hall–Kier alpha value is -3.34. The summed E-state index contributed by atoms with van der Waals surface area (Å²) in [6.45, 7) is -2.66. The summed E-state index contributed by atoms with van der Waals surface area (Å²) < 4.78 is 60.5. The fourth-order valence-corrected chi connectivity index (χ4v) is 5.18. The summed E-state index contributed by atoms with van der Waals surface area (Å²) >= 11 is 0. The molecule has 0 heterocycles. The van der Waals surface area contributed by atoms with Gasteiger partial charge in [0.1, 0.15) is 12.2 Å². The van der Waals surface area contributed by atoms with Gasteiger partial charge in [-0.3, -0.25) is 28.8 Å². The van der Waals surface area contributed by atoms with Crippen LogP contribution in [0.25, 0.3) is 0 Å². The number of unbranched alkanes of at least 4 members (excludes halogenated alkanes) is 2. The molecule has 0 aromatic carbocycles. The Kier molecular flexibility index (Phi) is 18.0. The van der Waals surface area contributed by atoms with E-state index in [-0.39, 0.29) is 38.5 Å². The van der Waals surface area contributed by atoms with Crippen LogP contribution in [0.15, 0.2) is 0 Å². The van der Waals surface area contributed by atoms with Gasteiger partial charge in [0.05, 0.1) is 55.8 Å². The number of ether oxygens (including phenoxy) is 2. The van der Waals surface area contributed by atoms with E-state index in [1.807, 2.05) is 0 Å². The number of carboxylic acid groups (broad SMARTS) is 4. The molecule has 0 aliphatic heterocycles. The molecule has 0 bridgehead atoms. The average Bonchev–Trinajstić information content (AvgIpc) is 3.03. The van der Waals surface area contributed by atoms with E-state index in [1.165, 1.54) is 0 Å². The number of carbonyl (C=O) groups is 6. The number of aliphatic hydroxyl groups excluding tert-OH is 3. The van der Waals surface area contributed by atoms with Crippen LogP contribution in [0, 0.1) is 23.7 Å². The second kappa shape index (κ2) is 24.7. The molecule has 0 saturated heterocycles. The lowest BCUT2D eigenvalue weighted by Gasteiger charge is -2.33. The number of nitrogens with two attached hydrogens (primary N) is 1. The van der Waals surface area contributed by atoms with Crippen LogP contribution in [0.5, 0.6) is 0 Å². The number of esters is 2. The molecule has 0 rings (SSSR count). The summed E-state index contributed by atoms with van der Waals surface area (Å²) in [5.41, 5.74) is 5.61. The molecular formula is C34H59NO15. The zero-order valence-corrected chi connectivity index (χ0v) is 28.6. The summed E-state index contributed by atoms with van der Waals surface area (Å²) in [6.07, 6.45) is -11.4. The number of aliphatic carboxylic acids is 4. The highest BCUT2D eigenvalue weighted by Gasteiger charge is 2.37. The first kappa shape index (κ1) is 36.5. The lowest BCUT2D eigenvalue weighted by Crippen LogP contribution is -2.42. The minimum absolute atomic E-state index is 0.0159. The molecule has 50 heavy (non-hydrogen) atoms. The number of rotatable bonds is 29. The molecule has 10 unspecified atom stereocenters. The maximum Gasteiger partial charge on any atom is 0.307 e. The third kappa shape index (κ3) is 21.0. The van der Waals surface area contributed by atoms with Gasteiger partial charge in [0, 0.05) is 20.7 Å². The zero-order valence-electron chi connectivity index (χ0n) is 34.6. The van der Waals surface area contributed by atoms with Gasteiger partial charge in [-0.25, -0.2) is 0 Å². The van der Waals surface area contributed by atoms with E-state index in [0.29, 0.717) is 12.8 Å². The maximum absolute atomic E-state index is 13.3. The van der Waals surface area contributed by atoms with Gasteiger partial charge in [0.2, 0.25) is 0 Å². The average molecular weight is 728 g/mol. The zero-order chi connectivity index (χ0) is 43.6. The van der Waals surface area contributed by atoms with Crippen LogP contribution in [0.2, 0.25) is 0 Å². The fraction of sp³-hybridized carbons (Fsp3) is 0.824. The minimum Gasteiger partial charge on any atom is -0.481 e. The molecule has 0 aromatic heterocycles. The van der Waals surface area contributed by atoms with E-state index in [0.717, 1.165) is 0 Å². The molecule has 0 fully saturated rings. The second-order valence-electron chi connectivity index (χ2n) is 12.8. The molecule has 0 amide bonds. The first-order valence-electron chi connectivity index (χ1n) is 19.8. The highest BCUT2D eigenvalue weighted by atomic mass is 16.6. The monoisotopic (exact) mass is 727 g/mol. The Labute approximate surface area is 301 Å². The van der Waals surface area contributed by atoms with Crippen LogP contribution in [-0.2, 0) is 38.2 Å². The van der Waals surface area contributed by atoms with E-state index < -0.39 is 148 Å². The van der Waals surface area contributed by atoms with E-state index >= 15 is 0 Å². The number of hydrogen-bond acceptors (Lipinski definition) is 12. The number of hydrogen-bond donors (Lipinski definition) is 8. The van der Waals surface area contributed by atoms with Crippen LogP contribution in [0.1, 0.15) is 126 Å². The Bertz CT molecular complexity index is 1270. The Morgan fingerprint density at radius 1 is 0.680 bits per heavy atom. The smallest absolute Gasteiger partial charge is 0.307 e. The predicted octanol–water partition coefficient (Wildman–Crippen LogP) is 2.56. The SMILES string of the molecule is [2H]C([2H])([2H])C(CC(O)CCCCC(O)CC(O)C(C)N)CC(OC(=O)CC(CC(=O)O)C(=O)O)C(OC(=O)CC(CC(=O)O)C(=O)O)C(CCCC)C([2H])([2H])[2H]. The van der Waals surface area contributed by atoms with Crippen molar-refractivity contribution < 1.29 is 82.2 Å². The molecule has 0 spiro atoms. The molecule has 9 N–H and O–H groups in total. The van der Waals surface area contributed by atoms with E-state index in [1.54, 1.807) is 13.8 Å². The van der Waals surface area contributed by atoms with Crippen LogP contribution in [0.4, 0.5) is 0 Å². The first-order chi connectivity index (χ1) is 25.7. The van der Waals surface area contributed by atoms with E-state index in [9.17, 15) is 54.3 Å². The summed E-state index contributed by atoms with van der Waals surface area (Å²) in [5.74, 6) is -16.4. The molecule has 290 valence electrons. The van der Waals surface area contributed by atoms with E-state index in [4.69, 9.17) is 33.6 Å². The van der Waals surface area contributed by atoms with Crippen LogP contribution in [0.3, 0.4) is 0 Å². The van der Waals surface area contributed by atoms with Gasteiger partial charge < -0.3 is 51.0 Å². The highest BCUT2D eigenvalue weighted by molar-refractivity contribution is 5.83. The van der Waals surface area contributed by atoms with Gasteiger partial charge in [-0.15, -0.1) is 0 Å². The highest BCUT2D eigenvalue weighted by Crippen LogP contribution is 2.29. The number of carboxylic acids is 4. The van der Waals surface area contributed by atoms with Gasteiger partial charge in [0.25, 0.3) is 0 Å². The lowest BCUT2D eigenvalue weighted by atomic mass is 9.87.